The molecule has 5 nitrogen and oxygen atoms in total. The van der Waals surface area contributed by atoms with Crippen LogP contribution in [0.1, 0.15) is 50.7 Å². The van der Waals surface area contributed by atoms with Crippen LogP contribution in [-0.4, -0.2) is 33.0 Å². The highest BCUT2D eigenvalue weighted by Gasteiger charge is 2.23. The molecule has 1 unspecified atom stereocenters. The van der Waals surface area contributed by atoms with Crippen LogP contribution < -0.4 is 0 Å². The molecule has 0 bridgehead atoms. The van der Waals surface area contributed by atoms with Crippen LogP contribution >= 0.6 is 11.6 Å². The predicted molar refractivity (Wildman–Crippen MR) is 85.9 cm³/mol. The Balaban J connectivity index is 2.58. The van der Waals surface area contributed by atoms with Crippen LogP contribution in [0.15, 0.2) is 0 Å². The van der Waals surface area contributed by atoms with Crippen molar-refractivity contribution >= 4 is 22.8 Å². The summed E-state index contributed by atoms with van der Waals surface area (Å²) in [6.07, 6.45) is 4.14. The Morgan fingerprint density at radius 2 is 2.05 bits per heavy atom. The highest BCUT2D eigenvalue weighted by molar-refractivity contribution is 6.16. The normalized spacial score (nSPS) is 13.2. The molecule has 2 aromatic rings. The second-order valence-electron chi connectivity index (χ2n) is 5.42. The van der Waals surface area contributed by atoms with Gasteiger partial charge < -0.3 is 9.30 Å². The van der Waals surface area contributed by atoms with Crippen LogP contribution in [-0.2, 0) is 24.1 Å². The number of methoxy groups -OCH3 is 1. The minimum absolute atomic E-state index is 0.253. The number of alkyl halides is 1. The highest BCUT2D eigenvalue weighted by atomic mass is 35.5. The molecule has 0 fully saturated rings. The average molecular weight is 313 g/mol. The minimum Gasteiger partial charge on any atom is -0.383 e. The smallest absolute Gasteiger partial charge is 0.159 e. The first-order chi connectivity index (χ1) is 10.2. The second-order valence-corrected chi connectivity index (χ2v) is 5.69. The fourth-order valence-electron chi connectivity index (χ4n) is 2.94. The Morgan fingerprint density at radius 3 is 2.62 bits per heavy atom. The molecule has 0 radical (unpaired) electrons. The fourth-order valence-corrected chi connectivity index (χ4v) is 3.13. The van der Waals surface area contributed by atoms with Gasteiger partial charge >= 0.3 is 0 Å². The van der Waals surface area contributed by atoms with E-state index >= 15 is 0 Å². The third-order valence-electron chi connectivity index (χ3n) is 3.76. The summed E-state index contributed by atoms with van der Waals surface area (Å²) < 4.78 is 9.56. The molecule has 0 saturated carbocycles. The van der Waals surface area contributed by atoms with Crippen molar-refractivity contribution in [2.24, 2.45) is 7.05 Å². The van der Waals surface area contributed by atoms with E-state index < -0.39 is 0 Å². The number of halogens is 1. The SMILES string of the molecule is CCCc1nn(C)c2c1nc(CCl)n2C(CCC)COC. The molecule has 0 spiro atoms. The molecular formula is C15H25ClN4O. The van der Waals surface area contributed by atoms with E-state index in [0.29, 0.717) is 12.5 Å². The van der Waals surface area contributed by atoms with Gasteiger partial charge in [0, 0.05) is 14.2 Å². The van der Waals surface area contributed by atoms with Crippen molar-refractivity contribution < 1.29 is 4.74 Å². The van der Waals surface area contributed by atoms with Gasteiger partial charge in [0.25, 0.3) is 0 Å². The summed E-state index contributed by atoms with van der Waals surface area (Å²) >= 11 is 6.13. The number of hydrogen-bond donors (Lipinski definition) is 0. The largest absolute Gasteiger partial charge is 0.383 e. The number of aryl methyl sites for hydroxylation is 2. The summed E-state index contributed by atoms with van der Waals surface area (Å²) in [5, 5.41) is 4.63. The Labute approximate surface area is 131 Å². The lowest BCUT2D eigenvalue weighted by Crippen LogP contribution is -2.18. The molecule has 0 aliphatic rings. The van der Waals surface area contributed by atoms with Crippen molar-refractivity contribution in [2.45, 2.75) is 51.5 Å². The van der Waals surface area contributed by atoms with Crippen molar-refractivity contribution in [3.05, 3.63) is 11.5 Å². The van der Waals surface area contributed by atoms with Gasteiger partial charge in [0.15, 0.2) is 5.65 Å². The van der Waals surface area contributed by atoms with Crippen molar-refractivity contribution in [1.29, 1.82) is 0 Å². The summed E-state index contributed by atoms with van der Waals surface area (Å²) in [5.74, 6) is 1.32. The average Bonchev–Trinajstić information content (AvgIpc) is 2.98. The van der Waals surface area contributed by atoms with Gasteiger partial charge in [-0.05, 0) is 12.8 Å². The number of fused-ring (bicyclic) bond motifs is 1. The first-order valence-electron chi connectivity index (χ1n) is 7.65. The van der Waals surface area contributed by atoms with Crippen molar-refractivity contribution in [3.8, 4) is 0 Å². The maximum absolute atomic E-state index is 6.13. The molecular weight excluding hydrogens is 288 g/mol. The lowest BCUT2D eigenvalue weighted by Gasteiger charge is -2.20. The van der Waals surface area contributed by atoms with Crippen molar-refractivity contribution in [3.63, 3.8) is 0 Å². The van der Waals surface area contributed by atoms with Gasteiger partial charge in [0.05, 0.1) is 24.2 Å². The monoisotopic (exact) mass is 312 g/mol. The molecule has 0 N–H and O–H groups in total. The third kappa shape index (κ3) is 3.09. The fraction of sp³-hybridized carbons (Fsp3) is 0.733. The zero-order valence-corrected chi connectivity index (χ0v) is 14.2. The van der Waals surface area contributed by atoms with Crippen LogP contribution in [0.4, 0.5) is 0 Å². The van der Waals surface area contributed by atoms with E-state index in [2.05, 4.69) is 23.5 Å². The molecule has 0 amide bonds. The van der Waals surface area contributed by atoms with Gasteiger partial charge in [-0.25, -0.2) is 4.98 Å². The topological polar surface area (TPSA) is 44.9 Å². The number of imidazole rings is 1. The van der Waals surface area contributed by atoms with Gasteiger partial charge in [-0.1, -0.05) is 26.7 Å². The Kier molecular flexibility index (Phi) is 5.65. The Morgan fingerprint density at radius 1 is 1.29 bits per heavy atom. The van der Waals surface area contributed by atoms with Crippen LogP contribution in [0, 0.1) is 0 Å². The number of ether oxygens (including phenoxy) is 1. The van der Waals surface area contributed by atoms with E-state index in [1.54, 1.807) is 7.11 Å². The van der Waals surface area contributed by atoms with Crippen molar-refractivity contribution in [1.82, 2.24) is 19.3 Å². The van der Waals surface area contributed by atoms with Crippen molar-refractivity contribution in [2.75, 3.05) is 13.7 Å². The second kappa shape index (κ2) is 7.27. The molecule has 0 aromatic carbocycles. The summed E-state index contributed by atoms with van der Waals surface area (Å²) in [7, 11) is 3.72. The van der Waals surface area contributed by atoms with Crippen LogP contribution in [0.3, 0.4) is 0 Å². The number of nitrogens with zero attached hydrogens (tertiary/aromatic N) is 4. The van der Waals surface area contributed by atoms with Gasteiger partial charge in [-0.15, -0.1) is 11.6 Å². The zero-order chi connectivity index (χ0) is 15.4. The summed E-state index contributed by atoms with van der Waals surface area (Å²) in [5.41, 5.74) is 3.12. The first kappa shape index (κ1) is 16.3. The lowest BCUT2D eigenvalue weighted by molar-refractivity contribution is 0.150. The maximum Gasteiger partial charge on any atom is 0.159 e. The quantitative estimate of drug-likeness (QED) is 0.701. The molecule has 0 aliphatic carbocycles. The molecule has 2 aromatic heterocycles. The molecule has 0 saturated heterocycles. The third-order valence-corrected chi connectivity index (χ3v) is 4.00. The Bertz CT molecular complexity index is 584. The van der Waals surface area contributed by atoms with Gasteiger partial charge in [0.2, 0.25) is 0 Å². The molecule has 118 valence electrons. The molecule has 21 heavy (non-hydrogen) atoms. The zero-order valence-electron chi connectivity index (χ0n) is 13.4. The van der Waals surface area contributed by atoms with E-state index in [1.807, 2.05) is 11.7 Å². The molecule has 0 aliphatic heterocycles. The van der Waals surface area contributed by atoms with Gasteiger partial charge in [-0.3, -0.25) is 4.68 Å². The van der Waals surface area contributed by atoms with Crippen LogP contribution in [0.5, 0.6) is 0 Å². The first-order valence-corrected chi connectivity index (χ1v) is 8.18. The van der Waals surface area contributed by atoms with Crippen LogP contribution in [0.25, 0.3) is 11.2 Å². The summed E-state index contributed by atoms with van der Waals surface area (Å²) in [6, 6.07) is 0.253. The van der Waals surface area contributed by atoms with Crippen LogP contribution in [0.2, 0.25) is 0 Å². The molecule has 6 heteroatoms. The number of rotatable bonds is 8. The minimum atomic E-state index is 0.253. The predicted octanol–water partition coefficient (Wildman–Crippen LogP) is 3.45. The highest BCUT2D eigenvalue weighted by Crippen LogP contribution is 2.27. The van der Waals surface area contributed by atoms with E-state index in [4.69, 9.17) is 21.3 Å². The Hall–Kier alpha value is -1.07. The summed E-state index contributed by atoms with van der Waals surface area (Å²) in [6.45, 7) is 5.01. The van der Waals surface area contributed by atoms with E-state index in [1.165, 1.54) is 0 Å². The summed E-state index contributed by atoms with van der Waals surface area (Å²) in [4.78, 5) is 4.75. The molecule has 1 atom stereocenters. The van der Waals surface area contributed by atoms with E-state index in [-0.39, 0.29) is 6.04 Å². The standard InChI is InChI=1S/C15H25ClN4O/c1-5-7-11(10-21-4)20-13(9-16)17-14-12(8-6-2)18-19(3)15(14)20/h11H,5-10H2,1-4H3. The van der Waals surface area contributed by atoms with E-state index in [9.17, 15) is 0 Å². The maximum atomic E-state index is 6.13. The van der Waals surface area contributed by atoms with Gasteiger partial charge in [-0.2, -0.15) is 5.10 Å². The molecule has 2 rings (SSSR count). The number of aromatic nitrogens is 4. The van der Waals surface area contributed by atoms with E-state index in [0.717, 1.165) is 48.4 Å². The molecule has 2 heterocycles. The van der Waals surface area contributed by atoms with Gasteiger partial charge in [0.1, 0.15) is 11.3 Å². The number of hydrogen-bond acceptors (Lipinski definition) is 3. The lowest BCUT2D eigenvalue weighted by atomic mass is 10.1.